The number of hydrogen-bond acceptors (Lipinski definition) is 3. The Hall–Kier alpha value is -1.10. The number of carbonyl (C=O) groups excluding carboxylic acids is 1. The molecule has 0 spiro atoms. The van der Waals surface area contributed by atoms with Gasteiger partial charge in [0, 0.05) is 0 Å². The molecule has 0 saturated carbocycles. The average Bonchev–Trinajstić information content (AvgIpc) is 2.83. The summed E-state index contributed by atoms with van der Waals surface area (Å²) in [7, 11) is 0. The van der Waals surface area contributed by atoms with Gasteiger partial charge in [-0.2, -0.15) is 0 Å². The van der Waals surface area contributed by atoms with E-state index in [0.717, 1.165) is 11.4 Å². The number of aryl methyl sites for hydroxylation is 1. The van der Waals surface area contributed by atoms with Crippen molar-refractivity contribution in [1.82, 2.24) is 4.98 Å². The Morgan fingerprint density at radius 1 is 1.44 bits per heavy atom. The van der Waals surface area contributed by atoms with Gasteiger partial charge in [0.05, 0.1) is 26.9 Å². The highest BCUT2D eigenvalue weighted by Gasteiger charge is 2.12. The summed E-state index contributed by atoms with van der Waals surface area (Å²) in [5, 5.41) is 4.40. The molecule has 0 aliphatic rings. The van der Waals surface area contributed by atoms with Crippen molar-refractivity contribution in [3.8, 4) is 0 Å². The first-order chi connectivity index (χ1) is 8.61. The quantitative estimate of drug-likeness (QED) is 0.920. The molecule has 1 amide bonds. The van der Waals surface area contributed by atoms with E-state index in [9.17, 15) is 4.79 Å². The molecule has 0 aliphatic carbocycles. The largest absolute Gasteiger partial charge is 0.320 e. The number of rotatable bonds is 3. The Kier molecular flexibility index (Phi) is 4.22. The Morgan fingerprint density at radius 3 is 2.89 bits per heavy atom. The van der Waals surface area contributed by atoms with E-state index in [4.69, 9.17) is 23.2 Å². The summed E-state index contributed by atoms with van der Waals surface area (Å²) in [6.07, 6.45) is 2.38. The molecule has 0 aliphatic heterocycles. The standard InChI is InChI=1S/C12H10Cl2N2OS/c1-2-10-15-6-9(18-10)12(17)16-8-5-3-4-7(13)11(8)14/h3-6H,2H2,1H3,(H,16,17). The van der Waals surface area contributed by atoms with Crippen molar-refractivity contribution in [1.29, 1.82) is 0 Å². The van der Waals surface area contributed by atoms with Crippen molar-refractivity contribution in [3.63, 3.8) is 0 Å². The Bertz CT molecular complexity index is 583. The van der Waals surface area contributed by atoms with Crippen molar-refractivity contribution in [2.75, 3.05) is 5.32 Å². The third-order valence-electron chi connectivity index (χ3n) is 2.28. The molecule has 94 valence electrons. The lowest BCUT2D eigenvalue weighted by Gasteiger charge is -2.06. The van der Waals surface area contributed by atoms with Gasteiger partial charge in [-0.25, -0.2) is 4.98 Å². The van der Waals surface area contributed by atoms with Gasteiger partial charge in [0.2, 0.25) is 0 Å². The van der Waals surface area contributed by atoms with Gasteiger partial charge in [-0.15, -0.1) is 11.3 Å². The topological polar surface area (TPSA) is 42.0 Å². The van der Waals surface area contributed by atoms with Crippen LogP contribution in [0.5, 0.6) is 0 Å². The molecule has 18 heavy (non-hydrogen) atoms. The van der Waals surface area contributed by atoms with E-state index < -0.39 is 0 Å². The van der Waals surface area contributed by atoms with Gasteiger partial charge in [0.15, 0.2) is 0 Å². The minimum Gasteiger partial charge on any atom is -0.320 e. The van der Waals surface area contributed by atoms with Gasteiger partial charge in [0.1, 0.15) is 4.88 Å². The van der Waals surface area contributed by atoms with Crippen LogP contribution in [0.4, 0.5) is 5.69 Å². The molecular formula is C12H10Cl2N2OS. The molecule has 2 rings (SSSR count). The van der Waals surface area contributed by atoms with E-state index in [1.54, 1.807) is 24.4 Å². The number of anilines is 1. The summed E-state index contributed by atoms with van der Waals surface area (Å²) in [6, 6.07) is 5.10. The summed E-state index contributed by atoms with van der Waals surface area (Å²) in [6.45, 7) is 1.99. The molecule has 0 atom stereocenters. The maximum atomic E-state index is 12.0. The smallest absolute Gasteiger partial charge is 0.267 e. The van der Waals surface area contributed by atoms with Crippen molar-refractivity contribution >= 4 is 46.1 Å². The number of benzene rings is 1. The van der Waals surface area contributed by atoms with E-state index in [0.29, 0.717) is 20.6 Å². The van der Waals surface area contributed by atoms with Gasteiger partial charge in [-0.3, -0.25) is 4.79 Å². The van der Waals surface area contributed by atoms with Gasteiger partial charge in [-0.1, -0.05) is 36.2 Å². The summed E-state index contributed by atoms with van der Waals surface area (Å²) >= 11 is 13.2. The lowest BCUT2D eigenvalue weighted by atomic mass is 10.3. The predicted molar refractivity (Wildman–Crippen MR) is 75.9 cm³/mol. The minimum absolute atomic E-state index is 0.226. The SMILES string of the molecule is CCc1ncc(C(=O)Nc2cccc(Cl)c2Cl)s1. The zero-order valence-electron chi connectivity index (χ0n) is 9.54. The van der Waals surface area contributed by atoms with Crippen LogP contribution in [0.1, 0.15) is 21.6 Å². The van der Waals surface area contributed by atoms with Gasteiger partial charge in [-0.05, 0) is 18.6 Å². The minimum atomic E-state index is -0.226. The maximum Gasteiger partial charge on any atom is 0.267 e. The van der Waals surface area contributed by atoms with E-state index in [-0.39, 0.29) is 5.91 Å². The Morgan fingerprint density at radius 2 is 2.22 bits per heavy atom. The highest BCUT2D eigenvalue weighted by atomic mass is 35.5. The van der Waals surface area contributed by atoms with Crippen LogP contribution < -0.4 is 5.32 Å². The fraction of sp³-hybridized carbons (Fsp3) is 0.167. The first-order valence-electron chi connectivity index (χ1n) is 5.32. The number of amides is 1. The monoisotopic (exact) mass is 300 g/mol. The lowest BCUT2D eigenvalue weighted by Crippen LogP contribution is -2.10. The third kappa shape index (κ3) is 2.83. The second-order valence-corrected chi connectivity index (χ2v) is 5.43. The van der Waals surface area contributed by atoms with Gasteiger partial charge in [0.25, 0.3) is 5.91 Å². The first kappa shape index (κ1) is 13.3. The summed E-state index contributed by atoms with van der Waals surface area (Å²) in [4.78, 5) is 16.7. The summed E-state index contributed by atoms with van der Waals surface area (Å²) in [5.41, 5.74) is 0.501. The molecule has 0 bridgehead atoms. The third-order valence-corrected chi connectivity index (χ3v) is 4.24. The van der Waals surface area contributed by atoms with Crippen LogP contribution in [0.25, 0.3) is 0 Å². The fourth-order valence-corrected chi connectivity index (χ4v) is 2.46. The number of thiazole rings is 1. The molecule has 3 nitrogen and oxygen atoms in total. The number of aromatic nitrogens is 1. The normalized spacial score (nSPS) is 10.4. The molecule has 6 heteroatoms. The molecule has 0 fully saturated rings. The molecule has 1 aromatic heterocycles. The van der Waals surface area contributed by atoms with Crippen molar-refractivity contribution < 1.29 is 4.79 Å². The lowest BCUT2D eigenvalue weighted by molar-refractivity contribution is 0.103. The number of hydrogen-bond donors (Lipinski definition) is 1. The maximum absolute atomic E-state index is 12.0. The molecular weight excluding hydrogens is 291 g/mol. The van der Waals surface area contributed by atoms with Crippen LogP contribution in [0.15, 0.2) is 24.4 Å². The first-order valence-corrected chi connectivity index (χ1v) is 6.89. The molecule has 2 aromatic rings. The van der Waals surface area contributed by atoms with Crippen molar-refractivity contribution in [2.45, 2.75) is 13.3 Å². The average molecular weight is 301 g/mol. The number of nitrogens with zero attached hydrogens (tertiary/aromatic N) is 1. The second kappa shape index (κ2) is 5.69. The van der Waals surface area contributed by atoms with E-state index >= 15 is 0 Å². The van der Waals surface area contributed by atoms with Crippen LogP contribution in [-0.2, 0) is 6.42 Å². The van der Waals surface area contributed by atoms with Crippen LogP contribution in [0.2, 0.25) is 10.0 Å². The molecule has 0 saturated heterocycles. The zero-order valence-corrected chi connectivity index (χ0v) is 11.9. The number of nitrogens with one attached hydrogen (secondary N) is 1. The zero-order chi connectivity index (χ0) is 13.1. The number of halogens is 2. The van der Waals surface area contributed by atoms with Gasteiger partial charge >= 0.3 is 0 Å². The number of carbonyl (C=O) groups is 1. The van der Waals surface area contributed by atoms with Crippen LogP contribution in [-0.4, -0.2) is 10.9 Å². The van der Waals surface area contributed by atoms with Crippen LogP contribution in [0.3, 0.4) is 0 Å². The van der Waals surface area contributed by atoms with E-state index in [1.165, 1.54) is 11.3 Å². The van der Waals surface area contributed by atoms with Crippen LogP contribution >= 0.6 is 34.5 Å². The molecule has 1 aromatic carbocycles. The fourth-order valence-electron chi connectivity index (χ4n) is 1.36. The van der Waals surface area contributed by atoms with E-state index in [2.05, 4.69) is 10.3 Å². The summed E-state index contributed by atoms with van der Waals surface area (Å²) < 4.78 is 0. The van der Waals surface area contributed by atoms with Gasteiger partial charge < -0.3 is 5.32 Å². The highest BCUT2D eigenvalue weighted by Crippen LogP contribution is 2.30. The molecule has 0 unspecified atom stereocenters. The highest BCUT2D eigenvalue weighted by molar-refractivity contribution is 7.13. The van der Waals surface area contributed by atoms with Crippen LogP contribution in [0, 0.1) is 0 Å². The molecule has 0 radical (unpaired) electrons. The van der Waals surface area contributed by atoms with Crippen molar-refractivity contribution in [3.05, 3.63) is 44.3 Å². The Balaban J connectivity index is 2.18. The molecule has 1 N–H and O–H groups in total. The van der Waals surface area contributed by atoms with Crippen molar-refractivity contribution in [2.24, 2.45) is 0 Å². The second-order valence-electron chi connectivity index (χ2n) is 3.53. The summed E-state index contributed by atoms with van der Waals surface area (Å²) in [5.74, 6) is -0.226. The Labute approximate surface area is 119 Å². The predicted octanol–water partition coefficient (Wildman–Crippen LogP) is 4.26. The van der Waals surface area contributed by atoms with E-state index in [1.807, 2.05) is 6.92 Å². The molecule has 1 heterocycles.